The van der Waals surface area contributed by atoms with Crippen molar-refractivity contribution in [1.82, 2.24) is 5.32 Å². The summed E-state index contributed by atoms with van der Waals surface area (Å²) in [5.41, 5.74) is 0.353. The zero-order valence-electron chi connectivity index (χ0n) is 10.6. The fourth-order valence-electron chi connectivity index (χ4n) is 2.06. The average molecular weight is 346 g/mol. The van der Waals surface area contributed by atoms with Gasteiger partial charge in [-0.05, 0) is 43.5 Å². The van der Waals surface area contributed by atoms with Gasteiger partial charge < -0.3 is 5.32 Å². The van der Waals surface area contributed by atoms with E-state index in [0.717, 1.165) is 30.8 Å². The minimum Gasteiger partial charge on any atom is -0.346 e. The van der Waals surface area contributed by atoms with E-state index in [9.17, 15) is 13.2 Å². The molecule has 0 heterocycles. The molecule has 19 heavy (non-hydrogen) atoms. The fourth-order valence-corrected chi connectivity index (χ4v) is 3.39. The summed E-state index contributed by atoms with van der Waals surface area (Å²) in [5, 5.41) is 3.76. The molecule has 0 spiro atoms. The van der Waals surface area contributed by atoms with Crippen LogP contribution in [0.15, 0.2) is 29.2 Å². The molecule has 1 aliphatic carbocycles. The van der Waals surface area contributed by atoms with E-state index in [4.69, 9.17) is 0 Å². The molecule has 1 N–H and O–H groups in total. The van der Waals surface area contributed by atoms with Crippen molar-refractivity contribution in [3.63, 3.8) is 0 Å². The van der Waals surface area contributed by atoms with Crippen LogP contribution in [0.5, 0.6) is 0 Å². The monoisotopic (exact) mass is 345 g/mol. The summed E-state index contributed by atoms with van der Waals surface area (Å²) in [6, 6.07) is 6.02. The first kappa shape index (κ1) is 14.5. The Morgan fingerprint density at radius 3 is 2.26 bits per heavy atom. The number of benzene rings is 1. The third kappa shape index (κ3) is 3.17. The van der Waals surface area contributed by atoms with Crippen LogP contribution in [0.25, 0.3) is 0 Å². The zero-order chi connectivity index (χ0) is 14.1. The fraction of sp³-hybridized carbons (Fsp3) is 0.462. The first-order valence-electron chi connectivity index (χ1n) is 6.05. The lowest BCUT2D eigenvalue weighted by atomic mass is 9.78. The Bertz CT molecular complexity index is 571. The summed E-state index contributed by atoms with van der Waals surface area (Å²) < 4.78 is 22.7. The van der Waals surface area contributed by atoms with Gasteiger partial charge in [0.05, 0.1) is 10.4 Å². The van der Waals surface area contributed by atoms with E-state index in [1.807, 2.05) is 0 Å². The van der Waals surface area contributed by atoms with Gasteiger partial charge in [0, 0.05) is 17.1 Å². The minimum absolute atomic E-state index is 0.132. The maximum atomic E-state index is 12.1. The predicted octanol–water partition coefficient (Wildman–Crippen LogP) is 2.14. The second-order valence-electron chi connectivity index (χ2n) is 5.02. The summed E-state index contributed by atoms with van der Waals surface area (Å²) in [6.45, 7) is 0. The number of halogens is 1. The lowest BCUT2D eigenvalue weighted by molar-refractivity contribution is 0.0856. The zero-order valence-corrected chi connectivity index (χ0v) is 13.1. The first-order valence-corrected chi connectivity index (χ1v) is 9.06. The summed E-state index contributed by atoms with van der Waals surface area (Å²) in [7, 11) is -3.22. The van der Waals surface area contributed by atoms with Crippen molar-refractivity contribution < 1.29 is 13.2 Å². The van der Waals surface area contributed by atoms with Crippen molar-refractivity contribution in [3.8, 4) is 0 Å². The molecule has 1 saturated carbocycles. The van der Waals surface area contributed by atoms with Gasteiger partial charge in [-0.25, -0.2) is 8.42 Å². The lowest BCUT2D eigenvalue weighted by Crippen LogP contribution is -2.54. The Kier molecular flexibility index (Phi) is 4.01. The molecule has 2 rings (SSSR count). The van der Waals surface area contributed by atoms with E-state index in [-0.39, 0.29) is 16.3 Å². The van der Waals surface area contributed by atoms with Gasteiger partial charge in [-0.1, -0.05) is 15.9 Å². The van der Waals surface area contributed by atoms with E-state index < -0.39 is 9.84 Å². The Balaban J connectivity index is 2.12. The number of carbonyl (C=O) groups is 1. The van der Waals surface area contributed by atoms with Gasteiger partial charge in [-0.3, -0.25) is 4.79 Å². The number of sulfone groups is 1. The molecule has 1 aliphatic rings. The highest BCUT2D eigenvalue weighted by atomic mass is 79.9. The Hall–Kier alpha value is -0.880. The van der Waals surface area contributed by atoms with Gasteiger partial charge >= 0.3 is 0 Å². The molecular formula is C13H16BrNO3S. The summed E-state index contributed by atoms with van der Waals surface area (Å²) in [6.07, 6.45) is 4.23. The highest BCUT2D eigenvalue weighted by Gasteiger charge is 2.37. The van der Waals surface area contributed by atoms with Gasteiger partial charge in [0.15, 0.2) is 9.84 Å². The quantitative estimate of drug-likeness (QED) is 0.850. The Morgan fingerprint density at radius 2 is 1.89 bits per heavy atom. The molecule has 0 aliphatic heterocycles. The van der Waals surface area contributed by atoms with E-state index >= 15 is 0 Å². The van der Waals surface area contributed by atoms with Crippen molar-refractivity contribution >= 4 is 31.7 Å². The largest absolute Gasteiger partial charge is 0.346 e. The van der Waals surface area contributed by atoms with Crippen LogP contribution in [-0.4, -0.2) is 31.4 Å². The smallest absolute Gasteiger partial charge is 0.251 e. The average Bonchev–Trinajstić information content (AvgIpc) is 2.32. The maximum absolute atomic E-state index is 12.1. The number of amides is 1. The normalized spacial score (nSPS) is 17.6. The Labute approximate surface area is 121 Å². The molecule has 0 bridgehead atoms. The topological polar surface area (TPSA) is 63.2 Å². The van der Waals surface area contributed by atoms with Gasteiger partial charge in [0.25, 0.3) is 5.91 Å². The second-order valence-corrected chi connectivity index (χ2v) is 7.59. The van der Waals surface area contributed by atoms with Crippen LogP contribution in [0.4, 0.5) is 0 Å². The molecule has 0 unspecified atom stereocenters. The Morgan fingerprint density at radius 1 is 1.32 bits per heavy atom. The van der Waals surface area contributed by atoms with Gasteiger partial charge in [-0.15, -0.1) is 0 Å². The van der Waals surface area contributed by atoms with Crippen LogP contribution in [0.2, 0.25) is 0 Å². The molecule has 0 radical (unpaired) electrons. The molecule has 104 valence electrons. The highest BCUT2D eigenvalue weighted by molar-refractivity contribution is 9.09. The standard InChI is InChI=1S/C13H16BrNO3S/c1-19(17,18)11-5-3-10(4-6-11)12(16)15-13(9-14)7-2-8-13/h3-6H,2,7-9H2,1H3,(H,15,16). The number of alkyl halides is 1. The van der Waals surface area contributed by atoms with Crippen LogP contribution >= 0.6 is 15.9 Å². The van der Waals surface area contributed by atoms with Crippen LogP contribution in [0.3, 0.4) is 0 Å². The lowest BCUT2D eigenvalue weighted by Gasteiger charge is -2.41. The van der Waals surface area contributed by atoms with Crippen LogP contribution in [0.1, 0.15) is 29.6 Å². The number of carbonyl (C=O) groups excluding carboxylic acids is 1. The summed E-state index contributed by atoms with van der Waals surface area (Å²) in [5.74, 6) is -0.154. The van der Waals surface area contributed by atoms with Crippen LogP contribution < -0.4 is 5.32 Å². The summed E-state index contributed by atoms with van der Waals surface area (Å²) >= 11 is 3.43. The highest BCUT2D eigenvalue weighted by Crippen LogP contribution is 2.33. The molecular weight excluding hydrogens is 330 g/mol. The molecule has 0 saturated heterocycles. The van der Waals surface area contributed by atoms with E-state index in [2.05, 4.69) is 21.2 Å². The second kappa shape index (κ2) is 5.25. The maximum Gasteiger partial charge on any atom is 0.251 e. The van der Waals surface area contributed by atoms with Crippen molar-refractivity contribution in [2.45, 2.75) is 29.7 Å². The van der Waals surface area contributed by atoms with Crippen molar-refractivity contribution in [2.75, 3.05) is 11.6 Å². The SMILES string of the molecule is CS(=O)(=O)c1ccc(C(=O)NC2(CBr)CCC2)cc1. The van der Waals surface area contributed by atoms with Gasteiger partial charge in [0.2, 0.25) is 0 Å². The number of rotatable bonds is 4. The molecule has 4 nitrogen and oxygen atoms in total. The van der Waals surface area contributed by atoms with Crippen molar-refractivity contribution in [3.05, 3.63) is 29.8 Å². The molecule has 1 aromatic carbocycles. The minimum atomic E-state index is -3.22. The van der Waals surface area contributed by atoms with E-state index in [1.54, 1.807) is 12.1 Å². The number of hydrogen-bond donors (Lipinski definition) is 1. The third-order valence-corrected chi connectivity index (χ3v) is 5.69. The van der Waals surface area contributed by atoms with Crippen molar-refractivity contribution in [1.29, 1.82) is 0 Å². The van der Waals surface area contributed by atoms with Crippen molar-refractivity contribution in [2.24, 2.45) is 0 Å². The van der Waals surface area contributed by atoms with E-state index in [1.165, 1.54) is 12.1 Å². The number of nitrogens with one attached hydrogen (secondary N) is 1. The molecule has 1 fully saturated rings. The van der Waals surface area contributed by atoms with Gasteiger partial charge in [0.1, 0.15) is 0 Å². The van der Waals surface area contributed by atoms with Crippen LogP contribution in [0, 0.1) is 0 Å². The van der Waals surface area contributed by atoms with Gasteiger partial charge in [-0.2, -0.15) is 0 Å². The molecule has 0 aromatic heterocycles. The summed E-state index contributed by atoms with van der Waals surface area (Å²) in [4.78, 5) is 12.3. The third-order valence-electron chi connectivity index (χ3n) is 3.49. The predicted molar refractivity (Wildman–Crippen MR) is 77.4 cm³/mol. The molecule has 1 amide bonds. The molecule has 0 atom stereocenters. The van der Waals surface area contributed by atoms with Crippen LogP contribution in [-0.2, 0) is 9.84 Å². The first-order chi connectivity index (χ1) is 8.86. The number of hydrogen-bond acceptors (Lipinski definition) is 3. The molecule has 6 heteroatoms. The van der Waals surface area contributed by atoms with E-state index in [0.29, 0.717) is 5.56 Å². The molecule has 1 aromatic rings.